The molecule has 150 valence electrons. The molecule has 8 nitrogen and oxygen atoms in total. The number of nitro groups is 1. The Bertz CT molecular complexity index is 1280. The van der Waals surface area contributed by atoms with E-state index in [1.165, 1.54) is 12.1 Å². The van der Waals surface area contributed by atoms with Crippen LogP contribution in [0.2, 0.25) is 0 Å². The molecule has 0 unspecified atom stereocenters. The summed E-state index contributed by atoms with van der Waals surface area (Å²) in [6.07, 6.45) is 1.74. The number of nitrogens with one attached hydrogen (secondary N) is 1. The smallest absolute Gasteiger partial charge is 0.292 e. The minimum absolute atomic E-state index is 0.143. The van der Waals surface area contributed by atoms with E-state index in [2.05, 4.69) is 10.4 Å². The lowest BCUT2D eigenvalue weighted by Crippen LogP contribution is -2.14. The van der Waals surface area contributed by atoms with Gasteiger partial charge in [-0.2, -0.15) is 5.10 Å². The van der Waals surface area contributed by atoms with Crippen LogP contribution in [0.1, 0.15) is 23.0 Å². The van der Waals surface area contributed by atoms with Crippen molar-refractivity contribution in [2.24, 2.45) is 0 Å². The van der Waals surface area contributed by atoms with Crippen molar-refractivity contribution in [3.63, 3.8) is 0 Å². The molecule has 4 aromatic rings. The Morgan fingerprint density at radius 3 is 2.63 bits per heavy atom. The maximum Gasteiger partial charge on any atom is 0.292 e. The summed E-state index contributed by atoms with van der Waals surface area (Å²) in [6, 6.07) is 15.1. The van der Waals surface area contributed by atoms with E-state index in [0.717, 1.165) is 17.8 Å². The normalized spacial score (nSPS) is 10.9. The number of nitro benzene ring substituents is 1. The van der Waals surface area contributed by atoms with E-state index in [-0.39, 0.29) is 11.4 Å². The molecule has 2 aromatic carbocycles. The number of fused-ring (bicyclic) bond motifs is 1. The van der Waals surface area contributed by atoms with E-state index < -0.39 is 10.8 Å². The van der Waals surface area contributed by atoms with Crippen molar-refractivity contribution in [3.8, 4) is 11.3 Å². The highest BCUT2D eigenvalue weighted by atomic mass is 16.6. The number of hydrogen-bond donors (Lipinski definition) is 1. The predicted octanol–water partition coefficient (Wildman–Crippen LogP) is 4.59. The zero-order chi connectivity index (χ0) is 21.3. The molecule has 1 amide bonds. The van der Waals surface area contributed by atoms with Crippen molar-refractivity contribution in [3.05, 3.63) is 82.2 Å². The van der Waals surface area contributed by atoms with Gasteiger partial charge in [0.1, 0.15) is 5.69 Å². The van der Waals surface area contributed by atoms with E-state index in [0.29, 0.717) is 22.2 Å². The molecule has 0 saturated carbocycles. The van der Waals surface area contributed by atoms with Gasteiger partial charge in [0, 0.05) is 29.3 Å². The highest BCUT2D eigenvalue weighted by molar-refractivity contribution is 6.13. The summed E-state index contributed by atoms with van der Waals surface area (Å²) in [7, 11) is 0. The Morgan fingerprint density at radius 1 is 1.17 bits per heavy atom. The number of carbonyl (C=O) groups excluding carboxylic acids is 1. The molecule has 0 radical (unpaired) electrons. The van der Waals surface area contributed by atoms with Gasteiger partial charge < -0.3 is 5.32 Å². The number of aryl methyl sites for hydroxylation is 1. The molecule has 0 saturated heterocycles. The summed E-state index contributed by atoms with van der Waals surface area (Å²) in [5, 5.41) is 19.0. The summed E-state index contributed by atoms with van der Waals surface area (Å²) in [4.78, 5) is 28.6. The monoisotopic (exact) mass is 401 g/mol. The third-order valence-electron chi connectivity index (χ3n) is 4.99. The van der Waals surface area contributed by atoms with Crippen molar-refractivity contribution in [2.75, 3.05) is 5.32 Å². The van der Waals surface area contributed by atoms with E-state index in [1.807, 2.05) is 42.8 Å². The van der Waals surface area contributed by atoms with E-state index in [4.69, 9.17) is 4.98 Å². The van der Waals surface area contributed by atoms with Crippen LogP contribution in [-0.4, -0.2) is 25.6 Å². The molecule has 0 aliphatic carbocycles. The number of nitrogens with zero attached hydrogens (tertiary/aromatic N) is 4. The standard InChI is InChI=1S/C22H19N5O3/c1-3-26-14(2)17(13-23-26)20-12-16(15-8-4-5-9-18(15)24-20)22(28)25-19-10-6-7-11-21(19)27(29)30/h4-13H,3H2,1-2H3,(H,25,28). The van der Waals surface area contributed by atoms with Gasteiger partial charge in [-0.3, -0.25) is 19.6 Å². The molecule has 4 rings (SSSR count). The van der Waals surface area contributed by atoms with Crippen LogP contribution in [0.5, 0.6) is 0 Å². The second kappa shape index (κ2) is 7.75. The van der Waals surface area contributed by atoms with Gasteiger partial charge in [-0.05, 0) is 32.0 Å². The number of carbonyl (C=O) groups is 1. The van der Waals surface area contributed by atoms with Gasteiger partial charge >= 0.3 is 0 Å². The summed E-state index contributed by atoms with van der Waals surface area (Å²) < 4.78 is 1.86. The van der Waals surface area contributed by atoms with E-state index in [1.54, 1.807) is 24.4 Å². The molecule has 2 heterocycles. The molecular weight excluding hydrogens is 382 g/mol. The summed E-state index contributed by atoms with van der Waals surface area (Å²) in [5.74, 6) is -0.440. The molecule has 8 heteroatoms. The quantitative estimate of drug-likeness (QED) is 0.389. The highest BCUT2D eigenvalue weighted by Crippen LogP contribution is 2.29. The largest absolute Gasteiger partial charge is 0.316 e. The highest BCUT2D eigenvalue weighted by Gasteiger charge is 2.20. The second-order valence-electron chi connectivity index (χ2n) is 6.76. The zero-order valence-corrected chi connectivity index (χ0v) is 16.5. The van der Waals surface area contributed by atoms with Crippen molar-refractivity contribution in [1.29, 1.82) is 0 Å². The number of pyridine rings is 1. The molecule has 1 N–H and O–H groups in total. The predicted molar refractivity (Wildman–Crippen MR) is 114 cm³/mol. The van der Waals surface area contributed by atoms with Gasteiger partial charge in [0.25, 0.3) is 11.6 Å². The summed E-state index contributed by atoms with van der Waals surface area (Å²) in [5.41, 5.74) is 3.43. The number of hydrogen-bond acceptors (Lipinski definition) is 5. The summed E-state index contributed by atoms with van der Waals surface area (Å²) in [6.45, 7) is 4.68. The first kappa shape index (κ1) is 19.3. The molecule has 0 atom stereocenters. The van der Waals surface area contributed by atoms with Gasteiger partial charge in [-0.25, -0.2) is 4.98 Å². The first-order valence-electron chi connectivity index (χ1n) is 9.47. The fraction of sp³-hybridized carbons (Fsp3) is 0.136. The Kier molecular flexibility index (Phi) is 4.97. The third-order valence-corrected chi connectivity index (χ3v) is 4.99. The average molecular weight is 401 g/mol. The van der Waals surface area contributed by atoms with E-state index >= 15 is 0 Å². The number of rotatable bonds is 5. The van der Waals surface area contributed by atoms with Crippen LogP contribution in [0.3, 0.4) is 0 Å². The Hall–Kier alpha value is -4.07. The maximum atomic E-state index is 13.2. The number of benzene rings is 2. The molecule has 0 aliphatic rings. The Morgan fingerprint density at radius 2 is 1.90 bits per heavy atom. The molecule has 0 spiro atoms. The fourth-order valence-corrected chi connectivity index (χ4v) is 3.45. The molecule has 0 aliphatic heterocycles. The van der Waals surface area contributed by atoms with Crippen molar-refractivity contribution in [2.45, 2.75) is 20.4 Å². The van der Waals surface area contributed by atoms with Crippen LogP contribution in [-0.2, 0) is 6.54 Å². The zero-order valence-electron chi connectivity index (χ0n) is 16.5. The van der Waals surface area contributed by atoms with Gasteiger partial charge in [0.2, 0.25) is 0 Å². The number of anilines is 1. The van der Waals surface area contributed by atoms with Gasteiger partial charge in [0.05, 0.1) is 27.9 Å². The number of aromatic nitrogens is 3. The molecular formula is C22H19N5O3. The van der Waals surface area contributed by atoms with Crippen molar-refractivity contribution >= 4 is 28.2 Å². The van der Waals surface area contributed by atoms with Crippen LogP contribution < -0.4 is 5.32 Å². The van der Waals surface area contributed by atoms with Crippen molar-refractivity contribution < 1.29 is 9.72 Å². The van der Waals surface area contributed by atoms with Gasteiger partial charge in [-0.1, -0.05) is 30.3 Å². The number of para-hydroxylation sites is 3. The molecule has 0 bridgehead atoms. The topological polar surface area (TPSA) is 103 Å². The SMILES string of the molecule is CCn1ncc(-c2cc(C(=O)Nc3ccccc3[N+](=O)[O-])c3ccccc3n2)c1C. The van der Waals surface area contributed by atoms with Gasteiger partial charge in [0.15, 0.2) is 0 Å². The fourth-order valence-electron chi connectivity index (χ4n) is 3.45. The van der Waals surface area contributed by atoms with Crippen LogP contribution in [0.4, 0.5) is 11.4 Å². The van der Waals surface area contributed by atoms with Crippen LogP contribution in [0.15, 0.2) is 60.8 Å². The van der Waals surface area contributed by atoms with Gasteiger partial charge in [-0.15, -0.1) is 0 Å². The number of amides is 1. The lowest BCUT2D eigenvalue weighted by molar-refractivity contribution is -0.383. The molecule has 0 fully saturated rings. The minimum atomic E-state index is -0.520. The van der Waals surface area contributed by atoms with Crippen molar-refractivity contribution in [1.82, 2.24) is 14.8 Å². The van der Waals surface area contributed by atoms with Crippen LogP contribution in [0, 0.1) is 17.0 Å². The third kappa shape index (κ3) is 3.39. The maximum absolute atomic E-state index is 13.2. The van der Waals surface area contributed by atoms with E-state index in [9.17, 15) is 14.9 Å². The Labute approximate surface area is 172 Å². The first-order valence-corrected chi connectivity index (χ1v) is 9.47. The lowest BCUT2D eigenvalue weighted by atomic mass is 10.0. The van der Waals surface area contributed by atoms with Crippen LogP contribution in [0.25, 0.3) is 22.2 Å². The summed E-state index contributed by atoms with van der Waals surface area (Å²) >= 11 is 0. The molecule has 30 heavy (non-hydrogen) atoms. The minimum Gasteiger partial charge on any atom is -0.316 e. The average Bonchev–Trinajstić information content (AvgIpc) is 3.13. The second-order valence-corrected chi connectivity index (χ2v) is 6.76. The Balaban J connectivity index is 1.83. The van der Waals surface area contributed by atoms with Crippen LogP contribution >= 0.6 is 0 Å². The first-order chi connectivity index (χ1) is 14.5. The lowest BCUT2D eigenvalue weighted by Gasteiger charge is -2.11. The molecule has 2 aromatic heterocycles.